The van der Waals surface area contributed by atoms with Crippen LogP contribution in [0.3, 0.4) is 0 Å². The molecule has 1 aromatic heterocycles. The molecule has 1 heterocycles. The lowest BCUT2D eigenvalue weighted by Crippen LogP contribution is -2.18. The predicted octanol–water partition coefficient (Wildman–Crippen LogP) is 2.83. The molecular formula is C13H23N3S. The van der Waals surface area contributed by atoms with E-state index in [-0.39, 0.29) is 0 Å². The van der Waals surface area contributed by atoms with Gasteiger partial charge in [0, 0.05) is 31.4 Å². The summed E-state index contributed by atoms with van der Waals surface area (Å²) in [6, 6.07) is 0. The summed E-state index contributed by atoms with van der Waals surface area (Å²) in [5.41, 5.74) is 1.36. The van der Waals surface area contributed by atoms with Gasteiger partial charge in [0.05, 0.1) is 5.69 Å². The molecule has 1 saturated carbocycles. The van der Waals surface area contributed by atoms with Crippen molar-refractivity contribution in [2.24, 2.45) is 5.92 Å². The Labute approximate surface area is 108 Å². The van der Waals surface area contributed by atoms with Crippen molar-refractivity contribution in [3.63, 3.8) is 0 Å². The van der Waals surface area contributed by atoms with Gasteiger partial charge < -0.3 is 10.2 Å². The van der Waals surface area contributed by atoms with E-state index in [1.165, 1.54) is 23.4 Å². The van der Waals surface area contributed by atoms with E-state index in [0.29, 0.717) is 5.92 Å². The second-order valence-corrected chi connectivity index (χ2v) is 6.56. The fraction of sp³-hybridized carbons (Fsp3) is 0.769. The van der Waals surface area contributed by atoms with Crippen LogP contribution in [0.2, 0.25) is 0 Å². The number of nitrogens with zero attached hydrogens (tertiary/aromatic N) is 2. The van der Waals surface area contributed by atoms with Crippen LogP contribution in [-0.4, -0.2) is 25.6 Å². The van der Waals surface area contributed by atoms with E-state index in [1.807, 2.05) is 11.3 Å². The number of thiazole rings is 1. The number of anilines is 1. The summed E-state index contributed by atoms with van der Waals surface area (Å²) in [4.78, 5) is 8.33. The van der Waals surface area contributed by atoms with E-state index >= 15 is 0 Å². The number of rotatable bonds is 6. The number of nitrogens with one attached hydrogen (secondary N) is 1. The third-order valence-electron chi connectivity index (χ3n) is 2.90. The molecule has 1 N–H and O–H groups in total. The Bertz CT molecular complexity index is 367. The normalized spacial score (nSPS) is 15.6. The van der Waals surface area contributed by atoms with Crippen LogP contribution in [0.4, 0.5) is 5.13 Å². The summed E-state index contributed by atoms with van der Waals surface area (Å²) in [6.07, 6.45) is 2.65. The van der Waals surface area contributed by atoms with Crippen molar-refractivity contribution in [3.05, 3.63) is 10.6 Å². The van der Waals surface area contributed by atoms with E-state index in [2.05, 4.69) is 38.2 Å². The van der Waals surface area contributed by atoms with Gasteiger partial charge in [-0.1, -0.05) is 13.8 Å². The van der Waals surface area contributed by atoms with Gasteiger partial charge in [0.15, 0.2) is 5.13 Å². The Hall–Kier alpha value is -0.610. The lowest BCUT2D eigenvalue weighted by Gasteiger charge is -2.06. The minimum Gasteiger partial charge on any atom is -0.354 e. The van der Waals surface area contributed by atoms with E-state index in [1.54, 1.807) is 0 Å². The largest absolute Gasteiger partial charge is 0.354 e. The Morgan fingerprint density at radius 1 is 1.41 bits per heavy atom. The van der Waals surface area contributed by atoms with Crippen LogP contribution in [0.1, 0.15) is 43.2 Å². The van der Waals surface area contributed by atoms with Gasteiger partial charge in [0.25, 0.3) is 0 Å². The molecule has 17 heavy (non-hydrogen) atoms. The van der Waals surface area contributed by atoms with Crippen LogP contribution >= 0.6 is 11.3 Å². The molecule has 1 aromatic rings. The molecule has 0 spiro atoms. The smallest absolute Gasteiger partial charge is 0.185 e. The van der Waals surface area contributed by atoms with Gasteiger partial charge in [-0.05, 0) is 25.3 Å². The minimum absolute atomic E-state index is 0.709. The van der Waals surface area contributed by atoms with Gasteiger partial charge >= 0.3 is 0 Å². The van der Waals surface area contributed by atoms with Crippen molar-refractivity contribution in [1.29, 1.82) is 0 Å². The van der Waals surface area contributed by atoms with E-state index in [4.69, 9.17) is 4.98 Å². The fourth-order valence-electron chi connectivity index (χ4n) is 1.82. The van der Waals surface area contributed by atoms with E-state index in [0.717, 1.165) is 24.1 Å². The first kappa shape index (κ1) is 12.8. The van der Waals surface area contributed by atoms with Crippen molar-refractivity contribution in [1.82, 2.24) is 10.3 Å². The predicted molar refractivity (Wildman–Crippen MR) is 75.0 cm³/mol. The zero-order valence-electron chi connectivity index (χ0n) is 11.3. The zero-order valence-corrected chi connectivity index (χ0v) is 12.1. The Kier molecular flexibility index (Phi) is 4.05. The van der Waals surface area contributed by atoms with Crippen LogP contribution in [0.15, 0.2) is 0 Å². The second kappa shape index (κ2) is 5.36. The molecule has 1 aliphatic rings. The molecule has 0 bridgehead atoms. The van der Waals surface area contributed by atoms with Gasteiger partial charge in [0.1, 0.15) is 0 Å². The van der Waals surface area contributed by atoms with Gasteiger partial charge in [0.2, 0.25) is 0 Å². The summed E-state index contributed by atoms with van der Waals surface area (Å²) < 4.78 is 0. The van der Waals surface area contributed by atoms with Gasteiger partial charge in [-0.25, -0.2) is 4.98 Å². The zero-order chi connectivity index (χ0) is 12.4. The molecule has 96 valence electrons. The first-order valence-electron chi connectivity index (χ1n) is 6.45. The van der Waals surface area contributed by atoms with Crippen molar-refractivity contribution in [2.75, 3.05) is 25.5 Å². The summed E-state index contributed by atoms with van der Waals surface area (Å²) in [5, 5.41) is 4.67. The molecule has 1 aliphatic carbocycles. The van der Waals surface area contributed by atoms with Crippen LogP contribution in [0, 0.1) is 5.92 Å². The number of hydrogen-bond acceptors (Lipinski definition) is 4. The molecule has 0 aromatic carbocycles. The van der Waals surface area contributed by atoms with Crippen LogP contribution < -0.4 is 10.2 Å². The molecule has 3 nitrogen and oxygen atoms in total. The molecule has 2 rings (SSSR count). The Balaban J connectivity index is 2.03. The molecule has 1 fully saturated rings. The first-order valence-corrected chi connectivity index (χ1v) is 7.27. The van der Waals surface area contributed by atoms with E-state index in [9.17, 15) is 0 Å². The van der Waals surface area contributed by atoms with Crippen molar-refractivity contribution in [2.45, 2.75) is 39.2 Å². The quantitative estimate of drug-likeness (QED) is 0.845. The maximum absolute atomic E-state index is 4.77. The molecule has 0 atom stereocenters. The molecule has 0 amide bonds. The third-order valence-corrected chi connectivity index (χ3v) is 4.14. The van der Waals surface area contributed by atoms with Crippen LogP contribution in [-0.2, 0) is 6.54 Å². The maximum Gasteiger partial charge on any atom is 0.185 e. The summed E-state index contributed by atoms with van der Waals surface area (Å²) in [5.74, 6) is 1.46. The van der Waals surface area contributed by atoms with Crippen LogP contribution in [0.25, 0.3) is 0 Å². The highest BCUT2D eigenvalue weighted by Gasteiger charge is 2.29. The maximum atomic E-state index is 4.77. The monoisotopic (exact) mass is 253 g/mol. The average molecular weight is 253 g/mol. The standard InChI is InChI=1S/C13H23N3S/c1-9(2)7-14-8-11-12(10-5-6-10)15-13(17-11)16(3)4/h9-10,14H,5-8H2,1-4H3. The highest BCUT2D eigenvalue weighted by molar-refractivity contribution is 7.15. The summed E-state index contributed by atoms with van der Waals surface area (Å²) >= 11 is 1.84. The van der Waals surface area contributed by atoms with E-state index < -0.39 is 0 Å². The minimum atomic E-state index is 0.709. The molecule has 0 radical (unpaired) electrons. The van der Waals surface area contributed by atoms with Crippen molar-refractivity contribution in [3.8, 4) is 0 Å². The van der Waals surface area contributed by atoms with Crippen molar-refractivity contribution < 1.29 is 0 Å². The molecule has 4 heteroatoms. The second-order valence-electron chi connectivity index (χ2n) is 5.50. The third kappa shape index (κ3) is 3.42. The van der Waals surface area contributed by atoms with Gasteiger partial charge in [-0.15, -0.1) is 11.3 Å². The lowest BCUT2D eigenvalue weighted by molar-refractivity contribution is 0.553. The summed E-state index contributed by atoms with van der Waals surface area (Å²) in [7, 11) is 4.14. The first-order chi connectivity index (χ1) is 8.08. The highest BCUT2D eigenvalue weighted by atomic mass is 32.1. The number of hydrogen-bond donors (Lipinski definition) is 1. The van der Waals surface area contributed by atoms with Crippen LogP contribution in [0.5, 0.6) is 0 Å². The summed E-state index contributed by atoms with van der Waals surface area (Å²) in [6.45, 7) is 6.55. The lowest BCUT2D eigenvalue weighted by atomic mass is 10.2. The highest BCUT2D eigenvalue weighted by Crippen LogP contribution is 2.43. The average Bonchev–Trinajstić information content (AvgIpc) is 2.99. The molecular weight excluding hydrogens is 230 g/mol. The molecule has 0 unspecified atom stereocenters. The van der Waals surface area contributed by atoms with Gasteiger partial charge in [-0.3, -0.25) is 0 Å². The Morgan fingerprint density at radius 3 is 2.65 bits per heavy atom. The fourth-order valence-corrected chi connectivity index (χ4v) is 2.86. The Morgan fingerprint density at radius 2 is 2.12 bits per heavy atom. The number of aromatic nitrogens is 1. The van der Waals surface area contributed by atoms with Crippen molar-refractivity contribution >= 4 is 16.5 Å². The SMILES string of the molecule is CC(C)CNCc1sc(N(C)C)nc1C1CC1. The molecule has 0 aliphatic heterocycles. The van der Waals surface area contributed by atoms with Gasteiger partial charge in [-0.2, -0.15) is 0 Å². The molecule has 0 saturated heterocycles. The topological polar surface area (TPSA) is 28.2 Å².